The van der Waals surface area contributed by atoms with Crippen LogP contribution < -0.4 is 15.5 Å². The number of nitrogens with one attached hydrogen (secondary N) is 2. The zero-order valence-electron chi connectivity index (χ0n) is 17.0. The number of carbonyl (C=O) groups excluding carboxylic acids is 2. The second-order valence-corrected chi connectivity index (χ2v) is 8.06. The number of aromatic nitrogens is 4. The molecule has 10 heteroatoms. The van der Waals surface area contributed by atoms with Gasteiger partial charge in [-0.25, -0.2) is 19.3 Å². The first-order chi connectivity index (χ1) is 15.0. The van der Waals surface area contributed by atoms with Gasteiger partial charge in [0.15, 0.2) is 17.3 Å². The van der Waals surface area contributed by atoms with Crippen molar-refractivity contribution in [2.75, 3.05) is 23.3 Å². The van der Waals surface area contributed by atoms with Gasteiger partial charge in [0, 0.05) is 37.6 Å². The van der Waals surface area contributed by atoms with Crippen molar-refractivity contribution in [3.05, 3.63) is 48.1 Å². The molecule has 5 rings (SSSR count). The molecular formula is C21H22FN7O2. The van der Waals surface area contributed by atoms with Crippen molar-refractivity contribution in [3.8, 4) is 0 Å². The summed E-state index contributed by atoms with van der Waals surface area (Å²) in [5.41, 5.74) is 1.22. The van der Waals surface area contributed by atoms with Gasteiger partial charge < -0.3 is 15.0 Å². The van der Waals surface area contributed by atoms with E-state index in [0.29, 0.717) is 30.6 Å². The normalized spacial score (nSPS) is 18.7. The first-order valence-electron chi connectivity index (χ1n) is 10.3. The van der Waals surface area contributed by atoms with Gasteiger partial charge in [-0.2, -0.15) is 0 Å². The van der Waals surface area contributed by atoms with Crippen molar-refractivity contribution in [3.63, 3.8) is 0 Å². The molecular weight excluding hydrogens is 401 g/mol. The van der Waals surface area contributed by atoms with E-state index >= 15 is 0 Å². The van der Waals surface area contributed by atoms with Gasteiger partial charge in [-0.05, 0) is 26.2 Å². The summed E-state index contributed by atoms with van der Waals surface area (Å²) in [6, 6.07) is 1.77. The summed E-state index contributed by atoms with van der Waals surface area (Å²) in [6.45, 7) is 3.03. The van der Waals surface area contributed by atoms with Crippen molar-refractivity contribution in [2.45, 2.75) is 32.2 Å². The molecule has 2 fully saturated rings. The van der Waals surface area contributed by atoms with E-state index in [1.807, 2.05) is 0 Å². The fourth-order valence-electron chi connectivity index (χ4n) is 3.77. The van der Waals surface area contributed by atoms with Crippen LogP contribution in [0.5, 0.6) is 0 Å². The molecule has 2 N–H and O–H groups in total. The van der Waals surface area contributed by atoms with E-state index in [9.17, 15) is 14.0 Å². The van der Waals surface area contributed by atoms with E-state index in [1.165, 1.54) is 35.7 Å². The molecule has 0 radical (unpaired) electrons. The summed E-state index contributed by atoms with van der Waals surface area (Å²) in [5.74, 6) is -0.655. The highest BCUT2D eigenvalue weighted by atomic mass is 19.1. The van der Waals surface area contributed by atoms with Crippen molar-refractivity contribution in [2.24, 2.45) is 5.92 Å². The second kappa shape index (κ2) is 7.69. The van der Waals surface area contributed by atoms with Gasteiger partial charge in [-0.1, -0.05) is 0 Å². The van der Waals surface area contributed by atoms with Crippen molar-refractivity contribution < 1.29 is 14.0 Å². The molecule has 0 unspecified atom stereocenters. The average Bonchev–Trinajstić information content (AvgIpc) is 3.39. The molecule has 1 saturated carbocycles. The summed E-state index contributed by atoms with van der Waals surface area (Å²) < 4.78 is 15.7. The lowest BCUT2D eigenvalue weighted by Gasteiger charge is -2.16. The number of rotatable bonds is 6. The standard InChI is InChI=1S/C21H22FN7O2/c1-12-10-28-11-15(6-16(22)19(28)26-12)27-20(30)17-8-25-18(9-24-17)29-5-4-13(21(29)31)7-23-14-2-3-14/h6,8-11,13-14,23H,2-5,7H2,1H3,(H,27,30)/t13-/m1/s1. The van der Waals surface area contributed by atoms with Crippen molar-refractivity contribution in [1.82, 2.24) is 24.7 Å². The van der Waals surface area contributed by atoms with E-state index in [-0.39, 0.29) is 28.9 Å². The third kappa shape index (κ3) is 3.98. The van der Waals surface area contributed by atoms with Crippen LogP contribution in [0.25, 0.3) is 5.65 Å². The monoisotopic (exact) mass is 423 g/mol. The van der Waals surface area contributed by atoms with Gasteiger partial charge in [0.05, 0.1) is 29.7 Å². The molecule has 1 atom stereocenters. The van der Waals surface area contributed by atoms with Gasteiger partial charge in [-0.3, -0.25) is 14.5 Å². The molecule has 2 aliphatic rings. The van der Waals surface area contributed by atoms with Crippen LogP contribution in [0, 0.1) is 18.7 Å². The summed E-state index contributed by atoms with van der Waals surface area (Å²) in [4.78, 5) is 39.3. The summed E-state index contributed by atoms with van der Waals surface area (Å²) in [7, 11) is 0. The minimum Gasteiger partial charge on any atom is -0.319 e. The van der Waals surface area contributed by atoms with Crippen molar-refractivity contribution in [1.29, 1.82) is 0 Å². The quantitative estimate of drug-likeness (QED) is 0.628. The van der Waals surface area contributed by atoms with Crippen LogP contribution in [0.2, 0.25) is 0 Å². The third-order valence-corrected chi connectivity index (χ3v) is 5.58. The number of pyridine rings is 1. The van der Waals surface area contributed by atoms with Gasteiger partial charge in [0.25, 0.3) is 5.91 Å². The summed E-state index contributed by atoms with van der Waals surface area (Å²) in [5, 5.41) is 6.02. The highest BCUT2D eigenvalue weighted by Crippen LogP contribution is 2.25. The minimum atomic E-state index is -0.536. The van der Waals surface area contributed by atoms with Crippen LogP contribution in [-0.4, -0.2) is 50.3 Å². The first-order valence-corrected chi connectivity index (χ1v) is 10.3. The van der Waals surface area contributed by atoms with Crippen LogP contribution in [0.15, 0.2) is 30.9 Å². The number of amides is 2. The zero-order chi connectivity index (χ0) is 21.5. The molecule has 31 heavy (non-hydrogen) atoms. The maximum absolute atomic E-state index is 14.2. The first kappa shape index (κ1) is 19.6. The number of hydrogen-bond acceptors (Lipinski definition) is 6. The maximum Gasteiger partial charge on any atom is 0.275 e. The number of imidazole rings is 1. The molecule has 1 aliphatic heterocycles. The number of fused-ring (bicyclic) bond motifs is 1. The van der Waals surface area contributed by atoms with Crippen LogP contribution in [0.3, 0.4) is 0 Å². The van der Waals surface area contributed by atoms with Gasteiger partial charge >= 0.3 is 0 Å². The average molecular weight is 423 g/mol. The maximum atomic E-state index is 14.2. The number of aryl methyl sites for hydroxylation is 1. The smallest absolute Gasteiger partial charge is 0.275 e. The Morgan fingerprint density at radius 1 is 1.23 bits per heavy atom. The second-order valence-electron chi connectivity index (χ2n) is 8.06. The highest BCUT2D eigenvalue weighted by molar-refractivity contribution is 6.03. The molecule has 9 nitrogen and oxygen atoms in total. The van der Waals surface area contributed by atoms with Crippen molar-refractivity contribution >= 4 is 29.0 Å². The molecule has 3 aromatic rings. The third-order valence-electron chi connectivity index (χ3n) is 5.58. The topological polar surface area (TPSA) is 105 Å². The number of anilines is 2. The Bertz CT molecular complexity index is 1160. The predicted molar refractivity (Wildman–Crippen MR) is 111 cm³/mol. The van der Waals surface area contributed by atoms with Crippen LogP contribution >= 0.6 is 0 Å². The molecule has 0 bridgehead atoms. The lowest BCUT2D eigenvalue weighted by atomic mass is 10.1. The Balaban J connectivity index is 1.25. The highest BCUT2D eigenvalue weighted by Gasteiger charge is 2.34. The van der Waals surface area contributed by atoms with Gasteiger partial charge in [-0.15, -0.1) is 0 Å². The van der Waals surface area contributed by atoms with Gasteiger partial charge in [0.2, 0.25) is 5.91 Å². The number of halogens is 1. The predicted octanol–water partition coefficient (Wildman–Crippen LogP) is 1.93. The largest absolute Gasteiger partial charge is 0.319 e. The Morgan fingerprint density at radius 3 is 2.81 bits per heavy atom. The Labute approximate surface area is 177 Å². The Morgan fingerprint density at radius 2 is 2.06 bits per heavy atom. The molecule has 4 heterocycles. The zero-order valence-corrected chi connectivity index (χ0v) is 17.0. The van der Waals surface area contributed by atoms with Crippen LogP contribution in [0.1, 0.15) is 35.4 Å². The molecule has 1 saturated heterocycles. The summed E-state index contributed by atoms with van der Waals surface area (Å²) >= 11 is 0. The van der Waals surface area contributed by atoms with E-state index in [4.69, 9.17) is 0 Å². The lowest BCUT2D eigenvalue weighted by molar-refractivity contribution is -0.120. The summed E-state index contributed by atoms with van der Waals surface area (Å²) in [6.07, 6.45) is 9.13. The molecule has 160 valence electrons. The molecule has 2 amide bonds. The van der Waals surface area contributed by atoms with E-state index in [0.717, 1.165) is 6.42 Å². The minimum absolute atomic E-state index is 0.0269. The lowest BCUT2D eigenvalue weighted by Crippen LogP contribution is -2.33. The SMILES string of the molecule is Cc1cn2cc(NC(=O)c3cnc(N4CC[C@H](CNC5CC5)C4=O)cn3)cc(F)c2n1. The van der Waals surface area contributed by atoms with E-state index in [1.54, 1.807) is 24.2 Å². The Kier molecular flexibility index (Phi) is 4.85. The fourth-order valence-corrected chi connectivity index (χ4v) is 3.77. The molecule has 1 aliphatic carbocycles. The molecule has 0 aromatic carbocycles. The van der Waals surface area contributed by atoms with Crippen LogP contribution in [-0.2, 0) is 4.79 Å². The number of nitrogens with zero attached hydrogens (tertiary/aromatic N) is 5. The molecule has 0 spiro atoms. The number of hydrogen-bond donors (Lipinski definition) is 2. The van der Waals surface area contributed by atoms with E-state index < -0.39 is 11.7 Å². The number of carbonyl (C=O) groups is 2. The van der Waals surface area contributed by atoms with E-state index in [2.05, 4.69) is 25.6 Å². The molecule has 3 aromatic heterocycles. The fraction of sp³-hybridized carbons (Fsp3) is 0.381. The Hall–Kier alpha value is -3.40. The van der Waals surface area contributed by atoms with Crippen LogP contribution in [0.4, 0.5) is 15.9 Å². The van der Waals surface area contributed by atoms with Gasteiger partial charge in [0.1, 0.15) is 5.69 Å².